The standard InChI is InChI=1S/C8H9NO3/c1-2-8(12)4-6(9-5-10)3-7(8)11/h2-3,5,12H,1,4H2,(H,9,10). The first kappa shape index (κ1) is 8.67. The summed E-state index contributed by atoms with van der Waals surface area (Å²) in [7, 11) is 0. The van der Waals surface area contributed by atoms with E-state index in [2.05, 4.69) is 11.9 Å². The Labute approximate surface area is 69.6 Å². The van der Waals surface area contributed by atoms with Gasteiger partial charge in [-0.1, -0.05) is 12.7 Å². The monoisotopic (exact) mass is 167 g/mol. The van der Waals surface area contributed by atoms with Crippen LogP contribution in [-0.4, -0.2) is 22.9 Å². The van der Waals surface area contributed by atoms with Gasteiger partial charge in [0.2, 0.25) is 6.41 Å². The molecule has 0 radical (unpaired) electrons. The average Bonchev–Trinajstić information content (AvgIpc) is 2.30. The van der Waals surface area contributed by atoms with Gasteiger partial charge >= 0.3 is 0 Å². The van der Waals surface area contributed by atoms with Crippen LogP contribution >= 0.6 is 0 Å². The van der Waals surface area contributed by atoms with Gasteiger partial charge in [0.15, 0.2) is 5.78 Å². The minimum absolute atomic E-state index is 0.0913. The highest BCUT2D eigenvalue weighted by Crippen LogP contribution is 2.25. The Morgan fingerprint density at radius 1 is 1.75 bits per heavy atom. The van der Waals surface area contributed by atoms with Gasteiger partial charge in [0.25, 0.3) is 0 Å². The molecule has 0 aromatic rings. The summed E-state index contributed by atoms with van der Waals surface area (Å²) in [5, 5.41) is 11.8. The summed E-state index contributed by atoms with van der Waals surface area (Å²) in [6.07, 6.45) is 2.93. The molecular weight excluding hydrogens is 158 g/mol. The van der Waals surface area contributed by atoms with Crippen LogP contribution in [0.15, 0.2) is 24.4 Å². The van der Waals surface area contributed by atoms with Gasteiger partial charge in [0.1, 0.15) is 5.60 Å². The maximum atomic E-state index is 11.1. The summed E-state index contributed by atoms with van der Waals surface area (Å²) < 4.78 is 0. The van der Waals surface area contributed by atoms with Crippen molar-refractivity contribution < 1.29 is 14.7 Å². The van der Waals surface area contributed by atoms with Crippen LogP contribution in [0.4, 0.5) is 0 Å². The maximum Gasteiger partial charge on any atom is 0.211 e. The molecule has 64 valence electrons. The molecule has 1 aliphatic rings. The molecule has 0 aromatic heterocycles. The van der Waals surface area contributed by atoms with Crippen molar-refractivity contribution in [2.75, 3.05) is 0 Å². The molecule has 0 bridgehead atoms. The zero-order valence-corrected chi connectivity index (χ0v) is 6.41. The number of amides is 1. The molecule has 1 aliphatic carbocycles. The summed E-state index contributed by atoms with van der Waals surface area (Å²) >= 11 is 0. The van der Waals surface area contributed by atoms with Gasteiger partial charge in [-0.3, -0.25) is 9.59 Å². The molecule has 0 heterocycles. The molecular formula is C8H9NO3. The SMILES string of the molecule is C=CC1(O)CC(NC=O)=CC1=O. The van der Waals surface area contributed by atoms with Gasteiger partial charge < -0.3 is 10.4 Å². The van der Waals surface area contributed by atoms with Crippen LogP contribution in [0.1, 0.15) is 6.42 Å². The second kappa shape index (κ2) is 2.91. The van der Waals surface area contributed by atoms with Crippen LogP contribution in [0, 0.1) is 0 Å². The molecule has 1 unspecified atom stereocenters. The van der Waals surface area contributed by atoms with Gasteiger partial charge in [0, 0.05) is 18.2 Å². The first-order chi connectivity index (χ1) is 5.62. The Morgan fingerprint density at radius 3 is 2.83 bits per heavy atom. The highest BCUT2D eigenvalue weighted by molar-refractivity contribution is 6.02. The quantitative estimate of drug-likeness (QED) is 0.440. The van der Waals surface area contributed by atoms with E-state index in [1.807, 2.05) is 0 Å². The highest BCUT2D eigenvalue weighted by Gasteiger charge is 2.37. The molecule has 1 rings (SSSR count). The Balaban J connectivity index is 2.79. The second-order valence-electron chi connectivity index (χ2n) is 2.60. The van der Waals surface area contributed by atoms with E-state index >= 15 is 0 Å². The summed E-state index contributed by atoms with van der Waals surface area (Å²) in [5.41, 5.74) is -1.11. The summed E-state index contributed by atoms with van der Waals surface area (Å²) in [6, 6.07) is 0. The summed E-state index contributed by atoms with van der Waals surface area (Å²) in [5.74, 6) is -0.443. The molecule has 4 heteroatoms. The number of carbonyl (C=O) groups excluding carboxylic acids is 2. The molecule has 0 aromatic carbocycles. The Morgan fingerprint density at radius 2 is 2.42 bits per heavy atom. The zero-order chi connectivity index (χ0) is 9.19. The molecule has 0 fully saturated rings. The van der Waals surface area contributed by atoms with E-state index in [0.717, 1.165) is 0 Å². The zero-order valence-electron chi connectivity index (χ0n) is 6.41. The number of carbonyl (C=O) groups is 2. The Bertz CT molecular complexity index is 269. The lowest BCUT2D eigenvalue weighted by Crippen LogP contribution is -2.31. The van der Waals surface area contributed by atoms with E-state index in [4.69, 9.17) is 0 Å². The number of nitrogens with one attached hydrogen (secondary N) is 1. The van der Waals surface area contributed by atoms with E-state index in [9.17, 15) is 14.7 Å². The number of hydrogen-bond donors (Lipinski definition) is 2. The summed E-state index contributed by atoms with van der Waals surface area (Å²) in [4.78, 5) is 21.1. The van der Waals surface area contributed by atoms with Crippen molar-refractivity contribution in [3.8, 4) is 0 Å². The van der Waals surface area contributed by atoms with E-state index < -0.39 is 11.4 Å². The van der Waals surface area contributed by atoms with E-state index in [0.29, 0.717) is 12.1 Å². The third-order valence-corrected chi connectivity index (χ3v) is 1.77. The predicted octanol–water partition coefficient (Wildman–Crippen LogP) is -0.494. The fourth-order valence-electron chi connectivity index (χ4n) is 1.05. The lowest BCUT2D eigenvalue weighted by Gasteiger charge is -2.14. The highest BCUT2D eigenvalue weighted by atomic mass is 16.3. The number of aliphatic hydroxyl groups is 1. The normalized spacial score (nSPS) is 28.1. The number of rotatable bonds is 3. The van der Waals surface area contributed by atoms with Crippen molar-refractivity contribution in [2.24, 2.45) is 0 Å². The minimum atomic E-state index is -1.52. The topological polar surface area (TPSA) is 66.4 Å². The third kappa shape index (κ3) is 1.29. The first-order valence-electron chi connectivity index (χ1n) is 3.43. The van der Waals surface area contributed by atoms with Gasteiger partial charge in [-0.25, -0.2) is 0 Å². The van der Waals surface area contributed by atoms with Crippen LogP contribution in [0.2, 0.25) is 0 Å². The van der Waals surface area contributed by atoms with Crippen LogP contribution < -0.4 is 5.32 Å². The molecule has 0 saturated carbocycles. The third-order valence-electron chi connectivity index (χ3n) is 1.77. The van der Waals surface area contributed by atoms with Crippen molar-refractivity contribution >= 4 is 12.2 Å². The average molecular weight is 167 g/mol. The molecule has 4 nitrogen and oxygen atoms in total. The molecule has 0 spiro atoms. The number of ketones is 1. The second-order valence-corrected chi connectivity index (χ2v) is 2.60. The molecule has 2 N–H and O–H groups in total. The number of hydrogen-bond acceptors (Lipinski definition) is 3. The summed E-state index contributed by atoms with van der Waals surface area (Å²) in [6.45, 7) is 3.34. The van der Waals surface area contributed by atoms with E-state index in [1.165, 1.54) is 12.2 Å². The van der Waals surface area contributed by atoms with Crippen molar-refractivity contribution in [2.45, 2.75) is 12.0 Å². The van der Waals surface area contributed by atoms with Crippen LogP contribution in [0.25, 0.3) is 0 Å². The first-order valence-corrected chi connectivity index (χ1v) is 3.43. The molecule has 0 aliphatic heterocycles. The molecule has 1 atom stereocenters. The lowest BCUT2D eigenvalue weighted by molar-refractivity contribution is -0.126. The van der Waals surface area contributed by atoms with E-state index in [-0.39, 0.29) is 6.42 Å². The smallest absolute Gasteiger partial charge is 0.211 e. The fraction of sp³-hybridized carbons (Fsp3) is 0.250. The molecule has 0 saturated heterocycles. The van der Waals surface area contributed by atoms with E-state index in [1.54, 1.807) is 0 Å². The predicted molar refractivity (Wildman–Crippen MR) is 42.1 cm³/mol. The minimum Gasteiger partial charge on any atom is -0.377 e. The van der Waals surface area contributed by atoms with Crippen molar-refractivity contribution in [3.05, 3.63) is 24.4 Å². The molecule has 1 amide bonds. The Hall–Kier alpha value is -1.42. The van der Waals surface area contributed by atoms with Gasteiger partial charge in [0.05, 0.1) is 0 Å². The Kier molecular flexibility index (Phi) is 2.10. The van der Waals surface area contributed by atoms with Gasteiger partial charge in [-0.15, -0.1) is 0 Å². The molecule has 12 heavy (non-hydrogen) atoms. The van der Waals surface area contributed by atoms with Crippen LogP contribution in [0.3, 0.4) is 0 Å². The van der Waals surface area contributed by atoms with Crippen molar-refractivity contribution in [3.63, 3.8) is 0 Å². The largest absolute Gasteiger partial charge is 0.377 e. The maximum absolute atomic E-state index is 11.1. The van der Waals surface area contributed by atoms with Gasteiger partial charge in [-0.05, 0) is 0 Å². The fourth-order valence-corrected chi connectivity index (χ4v) is 1.05. The van der Waals surface area contributed by atoms with Crippen LogP contribution in [0.5, 0.6) is 0 Å². The van der Waals surface area contributed by atoms with Crippen molar-refractivity contribution in [1.29, 1.82) is 0 Å². The lowest BCUT2D eigenvalue weighted by atomic mass is 10.0. The van der Waals surface area contributed by atoms with Crippen molar-refractivity contribution in [1.82, 2.24) is 5.32 Å². The van der Waals surface area contributed by atoms with Gasteiger partial charge in [-0.2, -0.15) is 0 Å². The van der Waals surface area contributed by atoms with Crippen LogP contribution in [-0.2, 0) is 9.59 Å².